The molecule has 6 N–H and O–H groups in total. The van der Waals surface area contributed by atoms with Crippen LogP contribution in [0, 0.1) is 0 Å². The van der Waals surface area contributed by atoms with Gasteiger partial charge in [0.2, 0.25) is 0 Å². The summed E-state index contributed by atoms with van der Waals surface area (Å²) >= 11 is 0. The molecule has 0 aliphatic rings. The van der Waals surface area contributed by atoms with Crippen molar-refractivity contribution in [3.8, 4) is 0 Å². The molecule has 0 bridgehead atoms. The van der Waals surface area contributed by atoms with Gasteiger partial charge >= 0.3 is 11.9 Å². The molecule has 0 saturated heterocycles. The lowest BCUT2D eigenvalue weighted by molar-refractivity contribution is -0.143. The number of hydrogen-bond donors (Lipinski definition) is 5. The molecule has 9 nitrogen and oxygen atoms in total. The molecule has 0 radical (unpaired) electrons. The Morgan fingerprint density at radius 1 is 0.694 bits per heavy atom. The molecule has 0 aromatic heterocycles. The second-order valence-electron chi connectivity index (χ2n) is 7.39. The van der Waals surface area contributed by atoms with Crippen LogP contribution in [-0.2, 0) is 19.7 Å². The molecule has 0 amide bonds. The number of carbonyl (C=O) groups is 2. The molecule has 0 aliphatic heterocycles. The van der Waals surface area contributed by atoms with Crippen LogP contribution in [0.4, 0.5) is 17.1 Å². The Hall–Kier alpha value is -4.41. The Labute approximate surface area is 208 Å². The van der Waals surface area contributed by atoms with Gasteiger partial charge in [0, 0.05) is 17.1 Å². The number of anilines is 3. The second kappa shape index (κ2) is 13.5. The fourth-order valence-corrected chi connectivity index (χ4v) is 3.33. The number of nitrogens with two attached hydrogens (primary N) is 1. The highest BCUT2D eigenvalue weighted by Crippen LogP contribution is 2.24. The average molecular weight is 511 g/mol. The quantitative estimate of drug-likeness (QED) is 0.176. The molecule has 188 valence electrons. The summed E-state index contributed by atoms with van der Waals surface area (Å²) in [6, 6.07) is 29.4. The van der Waals surface area contributed by atoms with E-state index in [0.29, 0.717) is 0 Å². The molecule has 4 aromatic rings. The maximum atomic E-state index is 11.1. The van der Waals surface area contributed by atoms with Crippen LogP contribution in [-0.4, -0.2) is 35.1 Å². The smallest absolute Gasteiger partial charge is 0.303 e. The monoisotopic (exact) mass is 510 g/mol. The van der Waals surface area contributed by atoms with Gasteiger partial charge in [0.05, 0.1) is 17.7 Å². The molecule has 0 aliphatic carbocycles. The van der Waals surface area contributed by atoms with Crippen LogP contribution in [0.2, 0.25) is 0 Å². The number of nitrogens with one attached hydrogen (secondary N) is 1. The second-order valence-corrected chi connectivity index (χ2v) is 8.81. The summed E-state index contributed by atoms with van der Waals surface area (Å²) in [6.45, 7) is 0. The minimum Gasteiger partial charge on any atom is -0.481 e. The van der Waals surface area contributed by atoms with Crippen LogP contribution in [0.15, 0.2) is 102 Å². The third-order valence-electron chi connectivity index (χ3n) is 4.52. The van der Waals surface area contributed by atoms with E-state index in [2.05, 4.69) is 5.32 Å². The molecule has 36 heavy (non-hydrogen) atoms. The lowest BCUT2D eigenvalue weighted by atomic mass is 10.1. The van der Waals surface area contributed by atoms with Crippen molar-refractivity contribution in [1.29, 1.82) is 0 Å². The fraction of sp³-hybridized carbons (Fsp3) is 0.0769. The van der Waals surface area contributed by atoms with Crippen molar-refractivity contribution in [3.63, 3.8) is 0 Å². The summed E-state index contributed by atoms with van der Waals surface area (Å²) in [5.41, 5.74) is 8.07. The normalized spacial score (nSPS) is 10.2. The summed E-state index contributed by atoms with van der Waals surface area (Å²) in [6.07, 6.45) is -0.593. The minimum atomic E-state index is -4.17. The van der Waals surface area contributed by atoms with Crippen molar-refractivity contribution in [2.24, 2.45) is 0 Å². The van der Waals surface area contributed by atoms with Gasteiger partial charge in [-0.25, -0.2) is 0 Å². The van der Waals surface area contributed by atoms with E-state index in [-0.39, 0.29) is 17.7 Å². The Morgan fingerprint density at radius 3 is 1.67 bits per heavy atom. The standard InChI is InChI=1S/C16H13NO3S.C6H7N.C4H6O4/c18-21(19,20)16-9-7-12-10-15(8-6-13(12)11-16)17-14-4-2-1-3-5-14;7-6-4-2-1-3-5-6;5-3(6)1-2-4(7)8/h1-11,17H,(H,18,19,20);1-5H,7H2;1-2H2,(H,5,6)(H,7,8). The van der Waals surface area contributed by atoms with E-state index in [0.717, 1.165) is 27.8 Å². The van der Waals surface area contributed by atoms with Gasteiger partial charge in [-0.3, -0.25) is 14.1 Å². The van der Waals surface area contributed by atoms with Gasteiger partial charge in [0.1, 0.15) is 0 Å². The first-order valence-electron chi connectivity index (χ1n) is 10.6. The number of rotatable bonds is 6. The van der Waals surface area contributed by atoms with Crippen LogP contribution in [0.1, 0.15) is 12.8 Å². The number of aliphatic carboxylic acids is 2. The van der Waals surface area contributed by atoms with E-state index in [4.69, 9.17) is 20.5 Å². The van der Waals surface area contributed by atoms with Crippen molar-refractivity contribution in [2.45, 2.75) is 17.7 Å². The summed E-state index contributed by atoms with van der Waals surface area (Å²) < 4.78 is 31.3. The highest BCUT2D eigenvalue weighted by Gasteiger charge is 2.09. The number of fused-ring (bicyclic) bond motifs is 1. The molecule has 0 unspecified atom stereocenters. The number of benzene rings is 4. The van der Waals surface area contributed by atoms with Gasteiger partial charge < -0.3 is 21.3 Å². The summed E-state index contributed by atoms with van der Waals surface area (Å²) in [7, 11) is -4.17. The van der Waals surface area contributed by atoms with Crippen molar-refractivity contribution < 1.29 is 32.8 Å². The fourth-order valence-electron chi connectivity index (χ4n) is 2.82. The van der Waals surface area contributed by atoms with Crippen LogP contribution >= 0.6 is 0 Å². The van der Waals surface area contributed by atoms with Gasteiger partial charge in [-0.05, 0) is 59.3 Å². The Morgan fingerprint density at radius 2 is 1.19 bits per heavy atom. The molecule has 0 spiro atoms. The Bertz CT molecular complexity index is 1380. The zero-order chi connectivity index (χ0) is 26.6. The van der Waals surface area contributed by atoms with Gasteiger partial charge in [-0.15, -0.1) is 0 Å². The van der Waals surface area contributed by atoms with Crippen molar-refractivity contribution in [2.75, 3.05) is 11.1 Å². The van der Waals surface area contributed by atoms with Crippen LogP contribution in [0.5, 0.6) is 0 Å². The molecule has 0 fully saturated rings. The third kappa shape index (κ3) is 10.2. The summed E-state index contributed by atoms with van der Waals surface area (Å²) in [4.78, 5) is 19.2. The number of hydrogen-bond acceptors (Lipinski definition) is 6. The third-order valence-corrected chi connectivity index (χ3v) is 5.37. The maximum Gasteiger partial charge on any atom is 0.303 e. The van der Waals surface area contributed by atoms with E-state index in [9.17, 15) is 18.0 Å². The largest absolute Gasteiger partial charge is 0.481 e. The predicted octanol–water partition coefficient (Wildman–Crippen LogP) is 5.03. The van der Waals surface area contributed by atoms with E-state index in [1.165, 1.54) is 12.1 Å². The summed E-state index contributed by atoms with van der Waals surface area (Å²) in [5, 5.41) is 20.7. The Balaban J connectivity index is 0.000000250. The van der Waals surface area contributed by atoms with Crippen LogP contribution < -0.4 is 11.1 Å². The van der Waals surface area contributed by atoms with Gasteiger partial charge in [-0.1, -0.05) is 48.5 Å². The maximum absolute atomic E-state index is 11.1. The first-order chi connectivity index (χ1) is 17.0. The molecule has 4 rings (SSSR count). The van der Waals surface area contributed by atoms with Crippen molar-refractivity contribution in [1.82, 2.24) is 0 Å². The highest BCUT2D eigenvalue weighted by atomic mass is 32.2. The minimum absolute atomic E-state index is 0.0984. The van der Waals surface area contributed by atoms with E-state index >= 15 is 0 Å². The number of para-hydroxylation sites is 2. The van der Waals surface area contributed by atoms with Crippen molar-refractivity contribution in [3.05, 3.63) is 97.1 Å². The van der Waals surface area contributed by atoms with Crippen molar-refractivity contribution >= 4 is 49.9 Å². The van der Waals surface area contributed by atoms with Gasteiger partial charge in [0.15, 0.2) is 0 Å². The molecule has 0 atom stereocenters. The van der Waals surface area contributed by atoms with E-state index in [1.807, 2.05) is 78.9 Å². The average Bonchev–Trinajstić information content (AvgIpc) is 2.84. The van der Waals surface area contributed by atoms with E-state index < -0.39 is 22.1 Å². The molecule has 0 saturated carbocycles. The predicted molar refractivity (Wildman–Crippen MR) is 139 cm³/mol. The first kappa shape index (κ1) is 27.8. The molecule has 4 aromatic carbocycles. The number of nitrogen functional groups attached to an aromatic ring is 1. The summed E-state index contributed by atoms with van der Waals surface area (Å²) in [5.74, 6) is -2.15. The van der Waals surface area contributed by atoms with Gasteiger partial charge in [0.25, 0.3) is 10.1 Å². The molecular formula is C26H26N2O7S. The SMILES string of the molecule is Nc1ccccc1.O=C(O)CCC(=O)O.O=S(=O)(O)c1ccc2cc(Nc3ccccc3)ccc2c1. The zero-order valence-corrected chi connectivity index (χ0v) is 19.9. The van der Waals surface area contributed by atoms with Gasteiger partial charge in [-0.2, -0.15) is 8.42 Å². The lowest BCUT2D eigenvalue weighted by Crippen LogP contribution is -2.00. The zero-order valence-electron chi connectivity index (χ0n) is 19.1. The molecule has 10 heteroatoms. The number of carboxylic acid groups (broad SMARTS) is 2. The molecule has 0 heterocycles. The first-order valence-corrected chi connectivity index (χ1v) is 12.1. The van der Waals surface area contributed by atoms with Crippen LogP contribution in [0.3, 0.4) is 0 Å². The lowest BCUT2D eigenvalue weighted by Gasteiger charge is -2.08. The van der Waals surface area contributed by atoms with Crippen LogP contribution in [0.25, 0.3) is 10.8 Å². The number of carboxylic acids is 2. The molecular weight excluding hydrogens is 484 g/mol. The highest BCUT2D eigenvalue weighted by molar-refractivity contribution is 7.85. The topological polar surface area (TPSA) is 167 Å². The Kier molecular flexibility index (Phi) is 10.4. The van der Waals surface area contributed by atoms with E-state index in [1.54, 1.807) is 6.07 Å².